The summed E-state index contributed by atoms with van der Waals surface area (Å²) in [6.07, 6.45) is 6.32. The standard InChI is InChI=1S/C16H21FN2/c1-2-19(15-9-4-3-5-10-15)12-14-8-6-7-13(11-18)16(14)17/h6-8,15H,2-5,9-10,12H2,1H3. The van der Waals surface area contributed by atoms with Crippen molar-refractivity contribution in [1.82, 2.24) is 4.90 Å². The predicted octanol–water partition coefficient (Wildman–Crippen LogP) is 3.85. The SMILES string of the molecule is CCN(Cc1cccc(C#N)c1F)C1CCCCC1. The van der Waals surface area contributed by atoms with Crippen LogP contribution in [0.25, 0.3) is 0 Å². The molecule has 1 aliphatic rings. The van der Waals surface area contributed by atoms with Crippen molar-refractivity contribution in [3.8, 4) is 6.07 Å². The second kappa shape index (κ2) is 6.68. The molecule has 0 atom stereocenters. The highest BCUT2D eigenvalue weighted by Gasteiger charge is 2.21. The molecule has 0 heterocycles. The van der Waals surface area contributed by atoms with Crippen molar-refractivity contribution in [2.24, 2.45) is 0 Å². The maximum absolute atomic E-state index is 14.1. The fraction of sp³-hybridized carbons (Fsp3) is 0.562. The van der Waals surface area contributed by atoms with E-state index in [0.29, 0.717) is 18.2 Å². The molecule has 0 spiro atoms. The number of nitrogens with zero attached hydrogens (tertiary/aromatic N) is 2. The van der Waals surface area contributed by atoms with Crippen LogP contribution >= 0.6 is 0 Å². The largest absolute Gasteiger partial charge is 0.296 e. The monoisotopic (exact) mass is 260 g/mol. The Labute approximate surface area is 114 Å². The number of hydrogen-bond acceptors (Lipinski definition) is 2. The molecule has 0 bridgehead atoms. The molecule has 19 heavy (non-hydrogen) atoms. The van der Waals surface area contributed by atoms with Crippen LogP contribution in [0, 0.1) is 17.1 Å². The van der Waals surface area contributed by atoms with Crippen LogP contribution in [0.5, 0.6) is 0 Å². The first-order valence-electron chi connectivity index (χ1n) is 7.17. The zero-order chi connectivity index (χ0) is 13.7. The Bertz CT molecular complexity index is 458. The van der Waals surface area contributed by atoms with Gasteiger partial charge in [-0.2, -0.15) is 5.26 Å². The Morgan fingerprint density at radius 3 is 2.68 bits per heavy atom. The molecule has 0 amide bonds. The van der Waals surface area contributed by atoms with E-state index in [9.17, 15) is 4.39 Å². The average molecular weight is 260 g/mol. The molecule has 1 aliphatic carbocycles. The molecule has 0 N–H and O–H groups in total. The molecule has 2 rings (SSSR count). The lowest BCUT2D eigenvalue weighted by Gasteiger charge is -2.33. The molecule has 0 radical (unpaired) electrons. The molecule has 0 aromatic heterocycles. The van der Waals surface area contributed by atoms with Crippen LogP contribution in [0.15, 0.2) is 18.2 Å². The molecular weight excluding hydrogens is 239 g/mol. The maximum Gasteiger partial charge on any atom is 0.145 e. The molecular formula is C16H21FN2. The number of nitriles is 1. The zero-order valence-electron chi connectivity index (χ0n) is 11.5. The Morgan fingerprint density at radius 2 is 2.05 bits per heavy atom. The van der Waals surface area contributed by atoms with Gasteiger partial charge >= 0.3 is 0 Å². The van der Waals surface area contributed by atoms with E-state index in [1.54, 1.807) is 12.1 Å². The van der Waals surface area contributed by atoms with Gasteiger partial charge in [0.05, 0.1) is 5.56 Å². The number of hydrogen-bond donors (Lipinski definition) is 0. The first-order valence-corrected chi connectivity index (χ1v) is 7.17. The Morgan fingerprint density at radius 1 is 1.32 bits per heavy atom. The van der Waals surface area contributed by atoms with Gasteiger partial charge in [0.15, 0.2) is 0 Å². The van der Waals surface area contributed by atoms with Crippen LogP contribution in [0.1, 0.15) is 50.2 Å². The highest BCUT2D eigenvalue weighted by Crippen LogP contribution is 2.24. The molecule has 1 aromatic rings. The zero-order valence-corrected chi connectivity index (χ0v) is 11.5. The molecule has 0 aliphatic heterocycles. The summed E-state index contributed by atoms with van der Waals surface area (Å²) in [4.78, 5) is 2.35. The highest BCUT2D eigenvalue weighted by atomic mass is 19.1. The average Bonchev–Trinajstić information content (AvgIpc) is 2.47. The van der Waals surface area contributed by atoms with Crippen molar-refractivity contribution in [2.45, 2.75) is 51.6 Å². The number of benzene rings is 1. The van der Waals surface area contributed by atoms with Crippen molar-refractivity contribution in [2.75, 3.05) is 6.54 Å². The van der Waals surface area contributed by atoms with Crippen LogP contribution in [0.2, 0.25) is 0 Å². The van der Waals surface area contributed by atoms with Gasteiger partial charge in [0.1, 0.15) is 11.9 Å². The van der Waals surface area contributed by atoms with Gasteiger partial charge < -0.3 is 0 Å². The summed E-state index contributed by atoms with van der Waals surface area (Å²) in [5.74, 6) is -0.348. The summed E-state index contributed by atoms with van der Waals surface area (Å²) < 4.78 is 14.1. The lowest BCUT2D eigenvalue weighted by Crippen LogP contribution is -2.36. The molecule has 3 heteroatoms. The second-order valence-electron chi connectivity index (χ2n) is 5.25. The van der Waals surface area contributed by atoms with Crippen molar-refractivity contribution in [1.29, 1.82) is 5.26 Å². The fourth-order valence-corrected chi connectivity index (χ4v) is 2.95. The topological polar surface area (TPSA) is 27.0 Å². The van der Waals surface area contributed by atoms with E-state index < -0.39 is 0 Å². The first kappa shape index (κ1) is 14.0. The van der Waals surface area contributed by atoms with Gasteiger partial charge in [-0.3, -0.25) is 4.90 Å². The van der Waals surface area contributed by atoms with Crippen molar-refractivity contribution in [3.63, 3.8) is 0 Å². The van der Waals surface area contributed by atoms with Gasteiger partial charge in [0, 0.05) is 18.2 Å². The van der Waals surface area contributed by atoms with Gasteiger partial charge in [-0.05, 0) is 25.5 Å². The van der Waals surface area contributed by atoms with Gasteiger partial charge in [-0.25, -0.2) is 4.39 Å². The molecule has 1 aromatic carbocycles. The first-order chi connectivity index (χ1) is 9.26. The van der Waals surface area contributed by atoms with Gasteiger partial charge in [0.2, 0.25) is 0 Å². The normalized spacial score (nSPS) is 16.5. The van der Waals surface area contributed by atoms with Crippen LogP contribution in [-0.2, 0) is 6.54 Å². The minimum atomic E-state index is -0.348. The van der Waals surface area contributed by atoms with Crippen LogP contribution in [0.3, 0.4) is 0 Å². The van der Waals surface area contributed by atoms with E-state index in [-0.39, 0.29) is 11.4 Å². The third kappa shape index (κ3) is 3.33. The summed E-state index contributed by atoms with van der Waals surface area (Å²) in [6.45, 7) is 3.67. The molecule has 0 unspecified atom stereocenters. The Balaban J connectivity index is 2.12. The minimum absolute atomic E-state index is 0.150. The lowest BCUT2D eigenvalue weighted by molar-refractivity contribution is 0.154. The Hall–Kier alpha value is -1.40. The molecule has 1 fully saturated rings. The van der Waals surface area contributed by atoms with E-state index >= 15 is 0 Å². The van der Waals surface area contributed by atoms with Gasteiger partial charge in [0.25, 0.3) is 0 Å². The van der Waals surface area contributed by atoms with Gasteiger partial charge in [-0.15, -0.1) is 0 Å². The summed E-state index contributed by atoms with van der Waals surface area (Å²) in [5, 5.41) is 8.88. The van der Waals surface area contributed by atoms with E-state index in [2.05, 4.69) is 11.8 Å². The predicted molar refractivity (Wildman–Crippen MR) is 74.1 cm³/mol. The minimum Gasteiger partial charge on any atom is -0.296 e. The number of halogens is 1. The quantitative estimate of drug-likeness (QED) is 0.822. The summed E-state index contributed by atoms with van der Waals surface area (Å²) in [6, 6.07) is 7.59. The second-order valence-corrected chi connectivity index (χ2v) is 5.25. The van der Waals surface area contributed by atoms with Crippen LogP contribution in [0.4, 0.5) is 4.39 Å². The summed E-state index contributed by atoms with van der Waals surface area (Å²) >= 11 is 0. The molecule has 0 saturated heterocycles. The highest BCUT2D eigenvalue weighted by molar-refractivity contribution is 5.34. The van der Waals surface area contributed by atoms with Crippen LogP contribution < -0.4 is 0 Å². The smallest absolute Gasteiger partial charge is 0.145 e. The molecule has 1 saturated carbocycles. The number of rotatable bonds is 4. The van der Waals surface area contributed by atoms with E-state index in [4.69, 9.17) is 5.26 Å². The van der Waals surface area contributed by atoms with E-state index in [0.717, 1.165) is 6.54 Å². The molecule has 2 nitrogen and oxygen atoms in total. The van der Waals surface area contributed by atoms with E-state index in [1.165, 1.54) is 38.2 Å². The van der Waals surface area contributed by atoms with Crippen LogP contribution in [-0.4, -0.2) is 17.5 Å². The Kier molecular flexibility index (Phi) is 4.93. The van der Waals surface area contributed by atoms with Crippen molar-refractivity contribution >= 4 is 0 Å². The molecule has 102 valence electrons. The van der Waals surface area contributed by atoms with Gasteiger partial charge in [-0.1, -0.05) is 38.3 Å². The fourth-order valence-electron chi connectivity index (χ4n) is 2.95. The third-order valence-electron chi connectivity index (χ3n) is 4.07. The maximum atomic E-state index is 14.1. The summed E-state index contributed by atoms with van der Waals surface area (Å²) in [7, 11) is 0. The lowest BCUT2D eigenvalue weighted by atomic mass is 9.93. The van der Waals surface area contributed by atoms with Crippen molar-refractivity contribution < 1.29 is 4.39 Å². The van der Waals surface area contributed by atoms with E-state index in [1.807, 2.05) is 6.07 Å². The summed E-state index contributed by atoms with van der Waals surface area (Å²) in [5.41, 5.74) is 0.795. The van der Waals surface area contributed by atoms with Crippen molar-refractivity contribution in [3.05, 3.63) is 35.1 Å². The third-order valence-corrected chi connectivity index (χ3v) is 4.07.